The fourth-order valence-electron chi connectivity index (χ4n) is 1.02. The fourth-order valence-corrected chi connectivity index (χ4v) is 1.47. The van der Waals surface area contributed by atoms with Crippen LogP contribution in [0.15, 0.2) is 35.2 Å². The van der Waals surface area contributed by atoms with E-state index in [0.717, 1.165) is 19.2 Å². The van der Waals surface area contributed by atoms with Crippen LogP contribution >= 0.6 is 11.3 Å². The molecule has 1 aromatic heterocycles. The monoisotopic (exact) mass is 287 g/mol. The zero-order valence-electron chi connectivity index (χ0n) is 13.1. The van der Waals surface area contributed by atoms with E-state index in [-0.39, 0.29) is 11.8 Å². The fraction of sp³-hybridized carbons (Fsp3) is 0.533. The highest BCUT2D eigenvalue weighted by atomic mass is 32.1. The molecule has 0 aliphatic carbocycles. The van der Waals surface area contributed by atoms with Gasteiger partial charge in [0.1, 0.15) is 0 Å². The molecule has 0 radical (unpaired) electrons. The van der Waals surface area contributed by atoms with E-state index in [1.807, 2.05) is 50.6 Å². The van der Waals surface area contributed by atoms with Crippen LogP contribution in [0.5, 0.6) is 0 Å². The Morgan fingerprint density at radius 1 is 1.26 bits per heavy atom. The molecule has 0 bridgehead atoms. The molecule has 0 saturated carbocycles. The topological polar surface area (TPSA) is 49.3 Å². The van der Waals surface area contributed by atoms with E-state index in [1.54, 1.807) is 18.3 Å². The second-order valence-corrected chi connectivity index (χ2v) is 4.11. The van der Waals surface area contributed by atoms with Gasteiger partial charge in [0.2, 0.25) is 0 Å². The smallest absolute Gasteiger partial charge is 0.151 e. The summed E-state index contributed by atoms with van der Waals surface area (Å²) in [7, 11) is 1.00. The summed E-state index contributed by atoms with van der Waals surface area (Å²) in [6.45, 7) is 13.1. The van der Waals surface area contributed by atoms with Gasteiger partial charge in [-0.15, -0.1) is 0 Å². The van der Waals surface area contributed by atoms with Crippen LogP contribution in [0.3, 0.4) is 0 Å². The number of hydrogen-bond acceptors (Lipinski definition) is 4. The Bertz CT molecular complexity index is 267. The molecule has 1 aromatic rings. The summed E-state index contributed by atoms with van der Waals surface area (Å²) in [5, 5.41) is 14.1. The van der Waals surface area contributed by atoms with Gasteiger partial charge in [-0.2, -0.15) is 11.3 Å². The number of aliphatic hydroxyl groups is 1. The summed E-state index contributed by atoms with van der Waals surface area (Å²) in [6, 6.07) is 3.99. The maximum Gasteiger partial charge on any atom is 0.151 e. The van der Waals surface area contributed by atoms with Crippen molar-refractivity contribution in [2.75, 3.05) is 7.11 Å². The Morgan fingerprint density at radius 3 is 1.79 bits per heavy atom. The van der Waals surface area contributed by atoms with Crippen LogP contribution in [0.2, 0.25) is 0 Å². The maximum atomic E-state index is 10.8. The second-order valence-electron chi connectivity index (χ2n) is 3.29. The molecule has 112 valence electrons. The predicted molar refractivity (Wildman–Crippen MR) is 86.5 cm³/mol. The minimum absolute atomic E-state index is 0.0440. The SMILES string of the molecule is C=C(C)N[C@@H](CC)C(C)=O.CC.CO.c1ccsc1. The molecule has 0 aliphatic rings. The van der Waals surface area contributed by atoms with Crippen molar-refractivity contribution in [1.82, 2.24) is 5.32 Å². The third-order valence-electron chi connectivity index (χ3n) is 1.74. The molecule has 1 atom stereocenters. The summed E-state index contributed by atoms with van der Waals surface area (Å²) >= 11 is 1.71. The Labute approximate surface area is 122 Å². The van der Waals surface area contributed by atoms with E-state index in [9.17, 15) is 4.79 Å². The minimum atomic E-state index is -0.0440. The van der Waals surface area contributed by atoms with Gasteiger partial charge in [-0.3, -0.25) is 4.79 Å². The normalized spacial score (nSPS) is 9.21. The lowest BCUT2D eigenvalue weighted by atomic mass is 10.1. The first-order valence-corrected chi connectivity index (χ1v) is 7.36. The molecular formula is C15H29NO2S. The molecular weight excluding hydrogens is 258 g/mol. The highest BCUT2D eigenvalue weighted by molar-refractivity contribution is 7.07. The van der Waals surface area contributed by atoms with E-state index in [4.69, 9.17) is 5.11 Å². The van der Waals surface area contributed by atoms with Crippen LogP contribution in [-0.4, -0.2) is 24.0 Å². The van der Waals surface area contributed by atoms with Crippen molar-refractivity contribution in [2.45, 2.75) is 47.1 Å². The Kier molecular flexibility index (Phi) is 23.3. The van der Waals surface area contributed by atoms with E-state index >= 15 is 0 Å². The average molecular weight is 287 g/mol. The molecule has 0 fully saturated rings. The number of rotatable bonds is 4. The van der Waals surface area contributed by atoms with Crippen molar-refractivity contribution in [3.05, 3.63) is 35.2 Å². The van der Waals surface area contributed by atoms with Crippen molar-refractivity contribution >= 4 is 17.1 Å². The third-order valence-corrected chi connectivity index (χ3v) is 2.37. The largest absolute Gasteiger partial charge is 0.400 e. The summed E-state index contributed by atoms with van der Waals surface area (Å²) in [5.74, 6) is 0.172. The highest BCUT2D eigenvalue weighted by Crippen LogP contribution is 1.94. The first-order chi connectivity index (χ1) is 9.07. The van der Waals surface area contributed by atoms with Gasteiger partial charge in [-0.1, -0.05) is 39.5 Å². The van der Waals surface area contributed by atoms with Gasteiger partial charge < -0.3 is 10.4 Å². The Morgan fingerprint density at radius 2 is 1.68 bits per heavy atom. The number of hydrogen-bond donors (Lipinski definition) is 2. The van der Waals surface area contributed by atoms with Gasteiger partial charge in [0.25, 0.3) is 0 Å². The molecule has 0 amide bonds. The zero-order valence-corrected chi connectivity index (χ0v) is 13.9. The lowest BCUT2D eigenvalue weighted by Gasteiger charge is -2.13. The van der Waals surface area contributed by atoms with Gasteiger partial charge in [0.15, 0.2) is 5.78 Å². The molecule has 0 aromatic carbocycles. The Balaban J connectivity index is -0.000000236. The Hall–Kier alpha value is -1.13. The second kappa shape index (κ2) is 19.2. The molecule has 3 nitrogen and oxygen atoms in total. The number of allylic oxidation sites excluding steroid dienone is 1. The van der Waals surface area contributed by atoms with Crippen LogP contribution in [0.25, 0.3) is 0 Å². The van der Waals surface area contributed by atoms with Crippen LogP contribution in [-0.2, 0) is 4.79 Å². The summed E-state index contributed by atoms with van der Waals surface area (Å²) in [4.78, 5) is 10.8. The van der Waals surface area contributed by atoms with Crippen LogP contribution in [0.4, 0.5) is 0 Å². The molecule has 0 saturated heterocycles. The quantitative estimate of drug-likeness (QED) is 0.884. The molecule has 4 heteroatoms. The molecule has 0 unspecified atom stereocenters. The van der Waals surface area contributed by atoms with E-state index in [0.29, 0.717) is 0 Å². The van der Waals surface area contributed by atoms with Gasteiger partial charge in [-0.25, -0.2) is 0 Å². The van der Waals surface area contributed by atoms with Crippen molar-refractivity contribution in [3.63, 3.8) is 0 Å². The minimum Gasteiger partial charge on any atom is -0.400 e. The summed E-state index contributed by atoms with van der Waals surface area (Å²) < 4.78 is 0. The highest BCUT2D eigenvalue weighted by Gasteiger charge is 2.08. The summed E-state index contributed by atoms with van der Waals surface area (Å²) in [6.07, 6.45) is 0.822. The first kappa shape index (κ1) is 23.0. The predicted octanol–water partition coefficient (Wildman–Crippen LogP) is 3.86. The molecule has 0 aliphatic heterocycles. The van der Waals surface area contributed by atoms with Crippen molar-refractivity contribution in [3.8, 4) is 0 Å². The molecule has 19 heavy (non-hydrogen) atoms. The zero-order chi connectivity index (χ0) is 15.7. The van der Waals surface area contributed by atoms with E-state index in [1.165, 1.54) is 0 Å². The van der Waals surface area contributed by atoms with E-state index in [2.05, 4.69) is 11.9 Å². The molecule has 1 heterocycles. The van der Waals surface area contributed by atoms with Crippen LogP contribution in [0, 0.1) is 0 Å². The van der Waals surface area contributed by atoms with Crippen molar-refractivity contribution < 1.29 is 9.90 Å². The first-order valence-electron chi connectivity index (χ1n) is 6.42. The van der Waals surface area contributed by atoms with Crippen LogP contribution in [0.1, 0.15) is 41.0 Å². The standard InChI is InChI=1S/C8H15NO.C4H4S.C2H6.CH4O/c1-5-8(7(4)10)9-6(2)3;1-2-4-5-3-1;2*1-2/h8-9H,2,5H2,1,3-4H3;1-4H;1-2H3;2H,1H3/t8-;;;/m0.../s1. The number of carbonyl (C=O) groups is 1. The third kappa shape index (κ3) is 19.4. The number of ketones is 1. The van der Waals surface area contributed by atoms with Gasteiger partial charge in [-0.05, 0) is 31.0 Å². The molecule has 2 N–H and O–H groups in total. The van der Waals surface area contributed by atoms with Gasteiger partial charge >= 0.3 is 0 Å². The molecule has 0 spiro atoms. The number of carbonyl (C=O) groups excluding carboxylic acids is 1. The van der Waals surface area contributed by atoms with E-state index < -0.39 is 0 Å². The average Bonchev–Trinajstić information content (AvgIpc) is 2.99. The van der Waals surface area contributed by atoms with Crippen LogP contribution < -0.4 is 5.32 Å². The summed E-state index contributed by atoms with van der Waals surface area (Å²) in [5.41, 5.74) is 0.849. The maximum absolute atomic E-state index is 10.8. The lowest BCUT2D eigenvalue weighted by Crippen LogP contribution is -2.32. The lowest BCUT2D eigenvalue weighted by molar-refractivity contribution is -0.118. The number of thiophene rings is 1. The number of nitrogens with one attached hydrogen (secondary N) is 1. The van der Waals surface area contributed by atoms with Crippen molar-refractivity contribution in [2.24, 2.45) is 0 Å². The van der Waals surface area contributed by atoms with Gasteiger partial charge in [0.05, 0.1) is 6.04 Å². The number of Topliss-reactive ketones (excluding diaryl/α,β-unsaturated/α-hetero) is 1. The van der Waals surface area contributed by atoms with Crippen molar-refractivity contribution in [1.29, 1.82) is 0 Å². The van der Waals surface area contributed by atoms with Gasteiger partial charge in [0, 0.05) is 12.8 Å². The number of aliphatic hydroxyl groups excluding tert-OH is 1. The molecule has 1 rings (SSSR count).